The van der Waals surface area contributed by atoms with E-state index >= 15 is 0 Å². The lowest BCUT2D eigenvalue weighted by atomic mass is 10.2. The molecule has 1 aromatic rings. The highest BCUT2D eigenvalue weighted by Gasteiger charge is 2.05. The van der Waals surface area contributed by atoms with Crippen LogP contribution in [0, 0.1) is 0 Å². The SMILES string of the molecule is CCCCSc1nc(N)nc(CNCCC(Cl)CC)n1. The molecule has 0 spiro atoms. The Balaban J connectivity index is 2.40. The Labute approximate surface area is 130 Å². The second kappa shape index (κ2) is 10.2. The number of halogens is 1. The molecule has 1 aromatic heterocycles. The van der Waals surface area contributed by atoms with Crippen LogP contribution in [0.4, 0.5) is 5.95 Å². The summed E-state index contributed by atoms with van der Waals surface area (Å²) in [7, 11) is 0. The van der Waals surface area contributed by atoms with E-state index in [-0.39, 0.29) is 5.38 Å². The molecule has 5 nitrogen and oxygen atoms in total. The first-order valence-electron chi connectivity index (χ1n) is 7.13. The first-order valence-corrected chi connectivity index (χ1v) is 8.55. The molecular weight excluding hydrogens is 294 g/mol. The van der Waals surface area contributed by atoms with Gasteiger partial charge in [0, 0.05) is 11.1 Å². The van der Waals surface area contributed by atoms with E-state index < -0.39 is 0 Å². The number of nitrogens with one attached hydrogen (secondary N) is 1. The molecule has 0 bridgehead atoms. The van der Waals surface area contributed by atoms with Gasteiger partial charge in [-0.3, -0.25) is 0 Å². The monoisotopic (exact) mass is 317 g/mol. The normalized spacial score (nSPS) is 12.6. The fraction of sp³-hybridized carbons (Fsp3) is 0.769. The first kappa shape index (κ1) is 17.5. The molecule has 0 saturated carbocycles. The number of nitrogens with zero attached hydrogens (tertiary/aromatic N) is 3. The van der Waals surface area contributed by atoms with E-state index in [0.29, 0.717) is 23.5 Å². The molecule has 0 amide bonds. The fourth-order valence-electron chi connectivity index (χ4n) is 1.53. The van der Waals surface area contributed by atoms with E-state index in [1.165, 1.54) is 6.42 Å². The minimum Gasteiger partial charge on any atom is -0.368 e. The Morgan fingerprint density at radius 2 is 2.10 bits per heavy atom. The Hall–Kier alpha value is -0.590. The van der Waals surface area contributed by atoms with Crippen LogP contribution in [0.2, 0.25) is 0 Å². The molecule has 1 atom stereocenters. The second-order valence-electron chi connectivity index (χ2n) is 4.57. The molecule has 0 radical (unpaired) electrons. The molecule has 7 heteroatoms. The third kappa shape index (κ3) is 7.26. The van der Waals surface area contributed by atoms with E-state index in [2.05, 4.69) is 34.1 Å². The van der Waals surface area contributed by atoms with Crippen molar-refractivity contribution in [2.24, 2.45) is 0 Å². The molecule has 114 valence electrons. The summed E-state index contributed by atoms with van der Waals surface area (Å²) in [5, 5.41) is 4.23. The number of nitrogens with two attached hydrogens (primary N) is 1. The highest BCUT2D eigenvalue weighted by molar-refractivity contribution is 7.99. The zero-order chi connectivity index (χ0) is 14.8. The third-order valence-corrected chi connectivity index (χ3v) is 4.23. The maximum atomic E-state index is 6.06. The molecular formula is C13H24ClN5S. The van der Waals surface area contributed by atoms with E-state index in [1.54, 1.807) is 11.8 Å². The van der Waals surface area contributed by atoms with Gasteiger partial charge in [0.05, 0.1) is 6.54 Å². The van der Waals surface area contributed by atoms with Gasteiger partial charge < -0.3 is 11.1 Å². The summed E-state index contributed by atoms with van der Waals surface area (Å²) in [4.78, 5) is 12.7. The van der Waals surface area contributed by atoms with Gasteiger partial charge in [0.15, 0.2) is 5.16 Å². The topological polar surface area (TPSA) is 76.7 Å². The minimum absolute atomic E-state index is 0.228. The highest BCUT2D eigenvalue weighted by atomic mass is 35.5. The maximum Gasteiger partial charge on any atom is 0.224 e. The van der Waals surface area contributed by atoms with Crippen molar-refractivity contribution in [3.8, 4) is 0 Å². The van der Waals surface area contributed by atoms with Gasteiger partial charge >= 0.3 is 0 Å². The summed E-state index contributed by atoms with van der Waals surface area (Å²) in [6, 6.07) is 0. The van der Waals surface area contributed by atoms with Gasteiger partial charge in [-0.15, -0.1) is 11.6 Å². The van der Waals surface area contributed by atoms with Crippen molar-refractivity contribution in [3.63, 3.8) is 0 Å². The van der Waals surface area contributed by atoms with Crippen molar-refractivity contribution in [2.45, 2.75) is 56.6 Å². The average Bonchev–Trinajstić information content (AvgIpc) is 2.43. The maximum absolute atomic E-state index is 6.06. The van der Waals surface area contributed by atoms with Crippen LogP contribution in [-0.4, -0.2) is 32.6 Å². The number of hydrogen-bond acceptors (Lipinski definition) is 6. The molecule has 0 aliphatic rings. The van der Waals surface area contributed by atoms with E-state index in [4.69, 9.17) is 17.3 Å². The molecule has 1 unspecified atom stereocenters. The van der Waals surface area contributed by atoms with Crippen LogP contribution in [0.15, 0.2) is 5.16 Å². The third-order valence-electron chi connectivity index (χ3n) is 2.77. The molecule has 0 aliphatic carbocycles. The van der Waals surface area contributed by atoms with Crippen LogP contribution in [0.25, 0.3) is 0 Å². The van der Waals surface area contributed by atoms with Crippen LogP contribution in [0.3, 0.4) is 0 Å². The van der Waals surface area contributed by atoms with Gasteiger partial charge in [-0.1, -0.05) is 32.0 Å². The lowest BCUT2D eigenvalue weighted by molar-refractivity contribution is 0.601. The number of hydrogen-bond donors (Lipinski definition) is 2. The molecule has 0 aliphatic heterocycles. The predicted molar refractivity (Wildman–Crippen MR) is 86.1 cm³/mol. The van der Waals surface area contributed by atoms with Gasteiger partial charge in [-0.05, 0) is 25.8 Å². The molecule has 0 saturated heterocycles. The molecule has 0 fully saturated rings. The minimum atomic E-state index is 0.228. The number of alkyl halides is 1. The number of thioether (sulfide) groups is 1. The summed E-state index contributed by atoms with van der Waals surface area (Å²) in [6.07, 6.45) is 4.24. The summed E-state index contributed by atoms with van der Waals surface area (Å²) in [5.41, 5.74) is 5.71. The number of nitrogen functional groups attached to an aromatic ring is 1. The number of unbranched alkanes of at least 4 members (excludes halogenated alkanes) is 1. The predicted octanol–water partition coefficient (Wildman–Crippen LogP) is 2.84. The lowest BCUT2D eigenvalue weighted by Gasteiger charge is -2.08. The van der Waals surface area contributed by atoms with E-state index in [9.17, 15) is 0 Å². The standard InChI is InChI=1S/C13H24ClN5S/c1-3-5-8-20-13-18-11(17-12(15)19-13)9-16-7-6-10(14)4-2/h10,16H,3-9H2,1-2H3,(H2,15,17,18,19). The largest absolute Gasteiger partial charge is 0.368 e. The second-order valence-corrected chi connectivity index (χ2v) is 6.24. The van der Waals surface area contributed by atoms with Gasteiger partial charge in [0.25, 0.3) is 0 Å². The fourth-order valence-corrected chi connectivity index (χ4v) is 2.58. The first-order chi connectivity index (χ1) is 9.65. The zero-order valence-electron chi connectivity index (χ0n) is 12.2. The summed E-state index contributed by atoms with van der Waals surface area (Å²) >= 11 is 7.69. The smallest absolute Gasteiger partial charge is 0.224 e. The molecule has 3 N–H and O–H groups in total. The number of aromatic nitrogens is 3. The van der Waals surface area contributed by atoms with E-state index in [1.807, 2.05) is 0 Å². The van der Waals surface area contributed by atoms with Crippen LogP contribution in [-0.2, 0) is 6.54 Å². The quantitative estimate of drug-likeness (QED) is 0.392. The van der Waals surface area contributed by atoms with Crippen LogP contribution >= 0.6 is 23.4 Å². The van der Waals surface area contributed by atoms with Crippen molar-refractivity contribution >= 4 is 29.3 Å². The number of rotatable bonds is 10. The molecule has 20 heavy (non-hydrogen) atoms. The van der Waals surface area contributed by atoms with Crippen LogP contribution in [0.1, 0.15) is 45.4 Å². The Bertz CT molecular complexity index is 391. The Morgan fingerprint density at radius 3 is 2.80 bits per heavy atom. The Morgan fingerprint density at radius 1 is 1.30 bits per heavy atom. The van der Waals surface area contributed by atoms with Crippen molar-refractivity contribution in [1.29, 1.82) is 0 Å². The number of anilines is 1. The van der Waals surface area contributed by atoms with Gasteiger partial charge in [0.1, 0.15) is 5.82 Å². The van der Waals surface area contributed by atoms with Crippen molar-refractivity contribution in [3.05, 3.63) is 5.82 Å². The van der Waals surface area contributed by atoms with Crippen molar-refractivity contribution in [2.75, 3.05) is 18.0 Å². The summed E-state index contributed by atoms with van der Waals surface area (Å²) in [5.74, 6) is 2.00. The average molecular weight is 318 g/mol. The zero-order valence-corrected chi connectivity index (χ0v) is 13.8. The lowest BCUT2D eigenvalue weighted by Crippen LogP contribution is -2.20. The van der Waals surface area contributed by atoms with Crippen molar-refractivity contribution < 1.29 is 0 Å². The Kier molecular flexibility index (Phi) is 8.89. The molecule has 0 aromatic carbocycles. The van der Waals surface area contributed by atoms with Crippen LogP contribution < -0.4 is 11.1 Å². The highest BCUT2D eigenvalue weighted by Crippen LogP contribution is 2.15. The van der Waals surface area contributed by atoms with Gasteiger partial charge in [-0.25, -0.2) is 4.98 Å². The van der Waals surface area contributed by atoms with E-state index in [0.717, 1.165) is 31.6 Å². The van der Waals surface area contributed by atoms with Gasteiger partial charge in [0.2, 0.25) is 5.95 Å². The molecule has 1 rings (SSSR count). The van der Waals surface area contributed by atoms with Crippen LogP contribution in [0.5, 0.6) is 0 Å². The summed E-state index contributed by atoms with van der Waals surface area (Å²) < 4.78 is 0. The van der Waals surface area contributed by atoms with Crippen molar-refractivity contribution in [1.82, 2.24) is 20.3 Å². The van der Waals surface area contributed by atoms with Gasteiger partial charge in [-0.2, -0.15) is 9.97 Å². The molecule has 1 heterocycles. The summed E-state index contributed by atoms with van der Waals surface area (Å²) in [6.45, 7) is 5.70.